The summed E-state index contributed by atoms with van der Waals surface area (Å²) >= 11 is 0. The van der Waals surface area contributed by atoms with E-state index in [1.54, 1.807) is 0 Å². The summed E-state index contributed by atoms with van der Waals surface area (Å²) in [5.74, 6) is -0.914. The Morgan fingerprint density at radius 3 is 1.02 bits per heavy atom. The van der Waals surface area contributed by atoms with E-state index in [2.05, 4.69) is 53.7 Å². The molecule has 0 rings (SSSR count). The zero-order valence-corrected chi connectivity index (χ0v) is 29.9. The Morgan fingerprint density at radius 1 is 0.405 bits per heavy atom. The van der Waals surface area contributed by atoms with Crippen LogP contribution < -0.4 is 0 Å². The first-order valence-corrected chi connectivity index (χ1v) is 19.1. The second-order valence-corrected chi connectivity index (χ2v) is 12.8. The van der Waals surface area contributed by atoms with Crippen LogP contribution in [0.3, 0.4) is 0 Å². The summed E-state index contributed by atoms with van der Waals surface area (Å²) in [6.45, 7) is 14.9. The van der Waals surface area contributed by atoms with Crippen LogP contribution in [-0.4, -0.2) is 25.8 Å². The summed E-state index contributed by atoms with van der Waals surface area (Å²) in [5.41, 5.74) is -0.0746. The van der Waals surface area contributed by atoms with Crippen LogP contribution in [0.4, 0.5) is 0 Å². The number of hydrogen-bond acceptors (Lipinski definition) is 3. The molecule has 0 fully saturated rings. The van der Waals surface area contributed by atoms with Crippen molar-refractivity contribution in [3.63, 3.8) is 0 Å². The molecule has 0 amide bonds. The number of unbranched alkanes of at least 4 members (excludes halogenated alkanes) is 20. The lowest BCUT2D eigenvalue weighted by Gasteiger charge is -2.49. The van der Waals surface area contributed by atoms with E-state index in [-0.39, 0.29) is 5.41 Å². The molecule has 0 aromatic heterocycles. The lowest BCUT2D eigenvalue weighted by atomic mass is 9.71. The average molecular weight is 595 g/mol. The van der Waals surface area contributed by atoms with Crippen molar-refractivity contribution < 1.29 is 14.2 Å². The molecule has 0 heterocycles. The van der Waals surface area contributed by atoms with Gasteiger partial charge in [0, 0.05) is 19.8 Å². The smallest absolute Gasteiger partial charge is 0.288 e. The summed E-state index contributed by atoms with van der Waals surface area (Å²) < 4.78 is 19.8. The van der Waals surface area contributed by atoms with Crippen LogP contribution in [0.25, 0.3) is 0 Å². The van der Waals surface area contributed by atoms with Crippen molar-refractivity contribution in [2.45, 2.75) is 214 Å². The molecule has 0 aliphatic heterocycles. The molecular weight excluding hydrogens is 516 g/mol. The minimum absolute atomic E-state index is 0.0746. The number of ether oxygens (including phenoxy) is 3. The molecule has 0 aromatic carbocycles. The van der Waals surface area contributed by atoms with Crippen molar-refractivity contribution in [3.05, 3.63) is 12.2 Å². The summed E-state index contributed by atoms with van der Waals surface area (Å²) in [7, 11) is 0. The Kier molecular flexibility index (Phi) is 30.4. The maximum atomic E-state index is 6.60. The van der Waals surface area contributed by atoms with Gasteiger partial charge in [0.2, 0.25) is 0 Å². The fraction of sp³-hybridized carbons (Fsp3) is 0.949. The van der Waals surface area contributed by atoms with Gasteiger partial charge in [-0.3, -0.25) is 0 Å². The maximum Gasteiger partial charge on any atom is 0.288 e. The van der Waals surface area contributed by atoms with Gasteiger partial charge in [0.15, 0.2) is 0 Å². The van der Waals surface area contributed by atoms with Crippen molar-refractivity contribution >= 4 is 0 Å². The molecule has 0 N–H and O–H groups in total. The van der Waals surface area contributed by atoms with Gasteiger partial charge < -0.3 is 14.2 Å². The number of hydrogen-bond donors (Lipinski definition) is 0. The normalized spacial score (nSPS) is 13.8. The van der Waals surface area contributed by atoms with Gasteiger partial charge in [-0.15, -0.1) is 0 Å². The Balaban J connectivity index is 5.41. The molecule has 0 saturated carbocycles. The van der Waals surface area contributed by atoms with Crippen LogP contribution in [0.1, 0.15) is 208 Å². The largest absolute Gasteiger partial charge is 0.327 e. The van der Waals surface area contributed by atoms with Crippen LogP contribution in [0.2, 0.25) is 0 Å². The van der Waals surface area contributed by atoms with Crippen molar-refractivity contribution in [2.24, 2.45) is 5.41 Å². The third-order valence-corrected chi connectivity index (χ3v) is 9.18. The van der Waals surface area contributed by atoms with Gasteiger partial charge in [-0.2, -0.15) is 0 Å². The Bertz CT molecular complexity index is 543. The van der Waals surface area contributed by atoms with E-state index in [9.17, 15) is 0 Å². The van der Waals surface area contributed by atoms with Crippen LogP contribution in [0, 0.1) is 5.41 Å². The van der Waals surface area contributed by atoms with Gasteiger partial charge in [0.1, 0.15) is 0 Å². The third kappa shape index (κ3) is 19.8. The molecule has 0 aliphatic carbocycles. The van der Waals surface area contributed by atoms with E-state index in [1.165, 1.54) is 148 Å². The quantitative estimate of drug-likeness (QED) is 0.0421. The first-order chi connectivity index (χ1) is 20.6. The first-order valence-electron chi connectivity index (χ1n) is 19.1. The number of allylic oxidation sites excluding steroid dienone is 2. The average Bonchev–Trinajstić information content (AvgIpc) is 2.99. The SMILES string of the molecule is CC=CCCCCCCCCCCC(CCCCCCCC)(CCCCCCCCCC)C(OCC)(OCC)OCC. The van der Waals surface area contributed by atoms with E-state index in [1.807, 2.05) is 0 Å². The second kappa shape index (κ2) is 30.6. The third-order valence-electron chi connectivity index (χ3n) is 9.18. The minimum atomic E-state index is -0.914. The van der Waals surface area contributed by atoms with Gasteiger partial charge in [-0.1, -0.05) is 161 Å². The van der Waals surface area contributed by atoms with Gasteiger partial charge in [0.05, 0.1) is 5.41 Å². The number of rotatable bonds is 34. The Hall–Kier alpha value is -0.380. The molecule has 42 heavy (non-hydrogen) atoms. The molecule has 0 spiro atoms. The highest BCUT2D eigenvalue weighted by molar-refractivity contribution is 4.90. The molecule has 1 atom stereocenters. The molecule has 0 radical (unpaired) electrons. The van der Waals surface area contributed by atoms with Crippen LogP contribution >= 0.6 is 0 Å². The van der Waals surface area contributed by atoms with Crippen LogP contribution in [0.5, 0.6) is 0 Å². The van der Waals surface area contributed by atoms with Gasteiger partial charge >= 0.3 is 0 Å². The topological polar surface area (TPSA) is 27.7 Å². The molecule has 252 valence electrons. The Morgan fingerprint density at radius 2 is 0.714 bits per heavy atom. The maximum absolute atomic E-state index is 6.60. The zero-order valence-electron chi connectivity index (χ0n) is 29.9. The van der Waals surface area contributed by atoms with Crippen LogP contribution in [0.15, 0.2) is 12.2 Å². The predicted octanol–water partition coefficient (Wildman–Crippen LogP) is 13.5. The molecule has 1 unspecified atom stereocenters. The highest BCUT2D eigenvalue weighted by atomic mass is 16.9. The highest BCUT2D eigenvalue weighted by Crippen LogP contribution is 2.50. The Labute approximate surface area is 265 Å². The van der Waals surface area contributed by atoms with Crippen LogP contribution in [-0.2, 0) is 14.2 Å². The first kappa shape index (κ1) is 41.6. The standard InChI is InChI=1S/C39H78O3/c1-7-13-16-19-22-24-25-26-28-31-34-37-38(35-32-29-21-18-15-9-3,36-33-30-27-23-20-17-14-8-2)39(40-10-4,41-11-5)42-12-6/h7,13H,8-12,14-37H2,1-6H3. The van der Waals surface area contributed by atoms with E-state index in [4.69, 9.17) is 14.2 Å². The summed E-state index contributed by atoms with van der Waals surface area (Å²) in [6.07, 6.45) is 38.8. The molecule has 3 heteroatoms. The van der Waals surface area contributed by atoms with Crippen molar-refractivity contribution in [1.82, 2.24) is 0 Å². The van der Waals surface area contributed by atoms with Gasteiger partial charge in [-0.05, 0) is 59.8 Å². The summed E-state index contributed by atoms with van der Waals surface area (Å²) in [5, 5.41) is 0. The summed E-state index contributed by atoms with van der Waals surface area (Å²) in [6, 6.07) is 0. The lowest BCUT2D eigenvalue weighted by Crippen LogP contribution is -2.55. The second-order valence-electron chi connectivity index (χ2n) is 12.8. The molecule has 0 aromatic rings. The minimum Gasteiger partial charge on any atom is -0.327 e. The van der Waals surface area contributed by atoms with E-state index < -0.39 is 5.97 Å². The zero-order chi connectivity index (χ0) is 31.0. The molecular formula is C39H78O3. The predicted molar refractivity (Wildman–Crippen MR) is 186 cm³/mol. The van der Waals surface area contributed by atoms with E-state index in [0.29, 0.717) is 19.8 Å². The van der Waals surface area contributed by atoms with Gasteiger partial charge in [0.25, 0.3) is 5.97 Å². The molecule has 3 nitrogen and oxygen atoms in total. The van der Waals surface area contributed by atoms with Crippen molar-refractivity contribution in [1.29, 1.82) is 0 Å². The highest BCUT2D eigenvalue weighted by Gasteiger charge is 2.53. The molecule has 0 aliphatic rings. The summed E-state index contributed by atoms with van der Waals surface area (Å²) in [4.78, 5) is 0. The fourth-order valence-electron chi connectivity index (χ4n) is 6.78. The van der Waals surface area contributed by atoms with E-state index in [0.717, 1.165) is 19.3 Å². The van der Waals surface area contributed by atoms with E-state index >= 15 is 0 Å². The van der Waals surface area contributed by atoms with Crippen molar-refractivity contribution in [2.75, 3.05) is 19.8 Å². The molecule has 0 bridgehead atoms. The fourth-order valence-corrected chi connectivity index (χ4v) is 6.78. The molecule has 0 saturated heterocycles. The van der Waals surface area contributed by atoms with Crippen molar-refractivity contribution in [3.8, 4) is 0 Å². The monoisotopic (exact) mass is 595 g/mol. The van der Waals surface area contributed by atoms with Gasteiger partial charge in [-0.25, -0.2) is 0 Å². The lowest BCUT2D eigenvalue weighted by molar-refractivity contribution is -0.432.